The molecule has 0 aliphatic carbocycles. The number of halogens is 1. The number of piperidine rings is 1. The van der Waals surface area contributed by atoms with Crippen molar-refractivity contribution in [3.63, 3.8) is 0 Å². The number of rotatable bonds is 5. The lowest BCUT2D eigenvalue weighted by Gasteiger charge is -2.31. The molecule has 5 nitrogen and oxygen atoms in total. The summed E-state index contributed by atoms with van der Waals surface area (Å²) in [6.07, 6.45) is 1.85. The Balaban J connectivity index is 1.77. The van der Waals surface area contributed by atoms with E-state index in [2.05, 4.69) is 5.32 Å². The number of phenols is 1. The summed E-state index contributed by atoms with van der Waals surface area (Å²) in [6.45, 7) is 2.49. The number of carbonyl (C=O) groups is 1. The molecule has 6 heteroatoms. The molecule has 0 bridgehead atoms. The van der Waals surface area contributed by atoms with Gasteiger partial charge in [0.25, 0.3) is 0 Å². The number of hydrogen-bond acceptors (Lipinski definition) is 4. The van der Waals surface area contributed by atoms with Crippen molar-refractivity contribution in [3.05, 3.63) is 29.6 Å². The molecule has 4 N–H and O–H groups in total. The van der Waals surface area contributed by atoms with Crippen LogP contribution in [0, 0.1) is 5.82 Å². The summed E-state index contributed by atoms with van der Waals surface area (Å²) in [5.74, 6) is -0.789. The van der Waals surface area contributed by atoms with Gasteiger partial charge >= 0.3 is 0 Å². The summed E-state index contributed by atoms with van der Waals surface area (Å²) >= 11 is 0. The maximum atomic E-state index is 13.1. The Morgan fingerprint density at radius 2 is 2.10 bits per heavy atom. The van der Waals surface area contributed by atoms with Crippen LogP contribution in [0.2, 0.25) is 0 Å². The van der Waals surface area contributed by atoms with Crippen LogP contribution in [0.1, 0.15) is 18.4 Å². The first-order chi connectivity index (χ1) is 9.52. The van der Waals surface area contributed by atoms with Gasteiger partial charge < -0.3 is 16.2 Å². The van der Waals surface area contributed by atoms with Crippen LogP contribution in [0.15, 0.2) is 18.2 Å². The van der Waals surface area contributed by atoms with Crippen LogP contribution in [0.5, 0.6) is 5.75 Å². The first-order valence-corrected chi connectivity index (χ1v) is 6.75. The number of aromatic hydroxyl groups is 1. The molecule has 1 heterocycles. The molecule has 1 fully saturated rings. The Morgan fingerprint density at radius 1 is 1.40 bits per heavy atom. The molecule has 1 aliphatic rings. The summed E-state index contributed by atoms with van der Waals surface area (Å²) in [5.41, 5.74) is 5.89. The number of likely N-dealkylation sites (tertiary alicyclic amines) is 1. The Bertz CT molecular complexity index is 453. The summed E-state index contributed by atoms with van der Waals surface area (Å²) in [6, 6.07) is 4.39. The van der Waals surface area contributed by atoms with Crippen LogP contribution in [-0.4, -0.2) is 41.6 Å². The lowest BCUT2D eigenvalue weighted by molar-refractivity contribution is -0.119. The van der Waals surface area contributed by atoms with Gasteiger partial charge in [-0.15, -0.1) is 0 Å². The third kappa shape index (κ3) is 4.47. The molecule has 2 rings (SSSR count). The van der Waals surface area contributed by atoms with Crippen LogP contribution in [0.25, 0.3) is 0 Å². The Labute approximate surface area is 117 Å². The fraction of sp³-hybridized carbons (Fsp3) is 0.500. The van der Waals surface area contributed by atoms with Crippen molar-refractivity contribution in [2.75, 3.05) is 19.6 Å². The van der Waals surface area contributed by atoms with Crippen LogP contribution in [0.4, 0.5) is 4.39 Å². The minimum absolute atomic E-state index is 0.0573. The number of benzene rings is 1. The third-order valence-corrected chi connectivity index (χ3v) is 3.50. The molecule has 0 saturated carbocycles. The van der Waals surface area contributed by atoms with Gasteiger partial charge in [0.05, 0.1) is 6.54 Å². The van der Waals surface area contributed by atoms with Gasteiger partial charge in [0, 0.05) is 31.7 Å². The highest BCUT2D eigenvalue weighted by Gasteiger charge is 2.19. The second-order valence-electron chi connectivity index (χ2n) is 5.22. The zero-order valence-electron chi connectivity index (χ0n) is 11.3. The van der Waals surface area contributed by atoms with E-state index in [4.69, 9.17) is 5.73 Å². The molecule has 20 heavy (non-hydrogen) atoms. The number of nitrogens with two attached hydrogens (primary N) is 1. The smallest absolute Gasteiger partial charge is 0.231 e. The molecular formula is C14H20FN3O2. The molecule has 110 valence electrons. The summed E-state index contributed by atoms with van der Waals surface area (Å²) in [5, 5.41) is 12.7. The highest BCUT2D eigenvalue weighted by molar-refractivity contribution is 5.75. The number of nitrogens with one attached hydrogen (secondary N) is 1. The van der Waals surface area contributed by atoms with Crippen LogP contribution in [0.3, 0.4) is 0 Å². The molecular weight excluding hydrogens is 261 g/mol. The average Bonchev–Trinajstić information content (AvgIpc) is 2.36. The number of primary amides is 1. The van der Waals surface area contributed by atoms with Gasteiger partial charge in [-0.1, -0.05) is 0 Å². The van der Waals surface area contributed by atoms with Crippen molar-refractivity contribution in [1.82, 2.24) is 10.2 Å². The van der Waals surface area contributed by atoms with Crippen molar-refractivity contribution in [3.8, 4) is 5.75 Å². The van der Waals surface area contributed by atoms with Gasteiger partial charge in [-0.05, 0) is 30.5 Å². The summed E-state index contributed by atoms with van der Waals surface area (Å²) in [7, 11) is 0. The Morgan fingerprint density at radius 3 is 2.70 bits per heavy atom. The maximum absolute atomic E-state index is 13.1. The van der Waals surface area contributed by atoms with Gasteiger partial charge in [0.1, 0.15) is 11.6 Å². The van der Waals surface area contributed by atoms with E-state index in [1.54, 1.807) is 6.07 Å². The lowest BCUT2D eigenvalue weighted by atomic mass is 10.0. The first-order valence-electron chi connectivity index (χ1n) is 6.75. The third-order valence-electron chi connectivity index (χ3n) is 3.50. The summed E-state index contributed by atoms with van der Waals surface area (Å²) in [4.78, 5) is 12.9. The molecule has 0 atom stereocenters. The standard InChI is InChI=1S/C14H20FN3O2/c15-11-5-10(6-13(19)7-11)8-17-12-1-3-18(4-2-12)9-14(16)20/h5-7,12,17,19H,1-4,8-9H2,(H2,16,20). The van der Waals surface area contributed by atoms with Gasteiger partial charge in [-0.2, -0.15) is 0 Å². The van der Waals surface area contributed by atoms with Crippen LogP contribution in [-0.2, 0) is 11.3 Å². The Kier molecular flexibility index (Phi) is 4.92. The monoisotopic (exact) mass is 281 g/mol. The normalized spacial score (nSPS) is 17.2. The fourth-order valence-corrected chi connectivity index (χ4v) is 2.51. The molecule has 0 aromatic heterocycles. The summed E-state index contributed by atoms with van der Waals surface area (Å²) < 4.78 is 13.1. The van der Waals surface area contributed by atoms with Gasteiger partial charge in [-0.3, -0.25) is 9.69 Å². The van der Waals surface area contributed by atoms with E-state index in [0.717, 1.165) is 37.6 Å². The van der Waals surface area contributed by atoms with Crippen LogP contribution >= 0.6 is 0 Å². The number of carbonyl (C=O) groups excluding carboxylic acids is 1. The fourth-order valence-electron chi connectivity index (χ4n) is 2.51. The molecule has 1 aromatic carbocycles. The van der Waals surface area contributed by atoms with E-state index in [1.807, 2.05) is 4.90 Å². The highest BCUT2D eigenvalue weighted by atomic mass is 19.1. The zero-order chi connectivity index (χ0) is 14.5. The molecule has 1 amide bonds. The second-order valence-corrected chi connectivity index (χ2v) is 5.22. The van der Waals surface area contributed by atoms with Crippen molar-refractivity contribution in [2.45, 2.75) is 25.4 Å². The first kappa shape index (κ1) is 14.7. The Hall–Kier alpha value is -1.66. The molecule has 0 unspecified atom stereocenters. The van der Waals surface area contributed by atoms with Crippen molar-refractivity contribution in [1.29, 1.82) is 0 Å². The number of nitrogens with zero attached hydrogens (tertiary/aromatic N) is 1. The zero-order valence-corrected chi connectivity index (χ0v) is 11.3. The highest BCUT2D eigenvalue weighted by Crippen LogP contribution is 2.16. The van der Waals surface area contributed by atoms with E-state index in [-0.39, 0.29) is 11.7 Å². The van der Waals surface area contributed by atoms with Gasteiger partial charge in [-0.25, -0.2) is 4.39 Å². The second kappa shape index (κ2) is 6.67. The molecule has 0 spiro atoms. The van der Waals surface area contributed by atoms with Crippen molar-refractivity contribution >= 4 is 5.91 Å². The van der Waals surface area contributed by atoms with Gasteiger partial charge in [0.2, 0.25) is 5.91 Å². The van der Waals surface area contributed by atoms with E-state index in [0.29, 0.717) is 19.1 Å². The predicted octanol–water partition coefficient (Wildman–Crippen LogP) is 0.571. The SMILES string of the molecule is NC(=O)CN1CCC(NCc2cc(O)cc(F)c2)CC1. The van der Waals surface area contributed by atoms with E-state index in [1.165, 1.54) is 6.07 Å². The van der Waals surface area contributed by atoms with E-state index in [9.17, 15) is 14.3 Å². The quantitative estimate of drug-likeness (QED) is 0.737. The van der Waals surface area contributed by atoms with E-state index >= 15 is 0 Å². The van der Waals surface area contributed by atoms with Crippen molar-refractivity contribution in [2.24, 2.45) is 5.73 Å². The molecule has 1 saturated heterocycles. The minimum atomic E-state index is -0.432. The average molecular weight is 281 g/mol. The van der Waals surface area contributed by atoms with Crippen molar-refractivity contribution < 1.29 is 14.3 Å². The lowest BCUT2D eigenvalue weighted by Crippen LogP contribution is -2.45. The largest absolute Gasteiger partial charge is 0.508 e. The molecule has 1 aromatic rings. The topological polar surface area (TPSA) is 78.6 Å². The minimum Gasteiger partial charge on any atom is -0.508 e. The number of hydrogen-bond donors (Lipinski definition) is 3. The van der Waals surface area contributed by atoms with Gasteiger partial charge in [0.15, 0.2) is 0 Å². The van der Waals surface area contributed by atoms with Crippen LogP contribution < -0.4 is 11.1 Å². The molecule has 1 aliphatic heterocycles. The molecule has 0 radical (unpaired) electrons. The number of phenolic OH excluding ortho intramolecular Hbond substituents is 1. The predicted molar refractivity (Wildman–Crippen MR) is 73.6 cm³/mol. The maximum Gasteiger partial charge on any atom is 0.231 e. The van der Waals surface area contributed by atoms with E-state index < -0.39 is 5.82 Å². The number of amides is 1.